The number of rotatable bonds is 6. The zero-order valence-corrected chi connectivity index (χ0v) is 22.1. The molecule has 0 spiro atoms. The van der Waals surface area contributed by atoms with Crippen LogP contribution in [0.4, 0.5) is 17.1 Å². The van der Waals surface area contributed by atoms with E-state index >= 15 is 0 Å². The van der Waals surface area contributed by atoms with Gasteiger partial charge in [-0.25, -0.2) is 0 Å². The Kier molecular flexibility index (Phi) is 8.26. The van der Waals surface area contributed by atoms with E-state index in [1.807, 2.05) is 66.8 Å². The summed E-state index contributed by atoms with van der Waals surface area (Å²) in [5, 5.41) is 9.48. The number of hydrogen-bond acceptors (Lipinski definition) is 5. The van der Waals surface area contributed by atoms with Crippen LogP contribution in [0.3, 0.4) is 0 Å². The molecular formula is C31H31N2O3P. The lowest BCUT2D eigenvalue weighted by Gasteiger charge is -2.35. The molecule has 0 saturated carbocycles. The van der Waals surface area contributed by atoms with Gasteiger partial charge in [0.25, 0.3) is 0 Å². The summed E-state index contributed by atoms with van der Waals surface area (Å²) >= 11 is 0. The molecule has 6 heteroatoms. The molecule has 3 aromatic rings. The van der Waals surface area contributed by atoms with E-state index in [9.17, 15) is 15.0 Å². The van der Waals surface area contributed by atoms with Crippen LogP contribution < -0.4 is 4.90 Å². The minimum atomic E-state index is -2.47. The summed E-state index contributed by atoms with van der Waals surface area (Å²) in [6, 6.07) is 30.7. The van der Waals surface area contributed by atoms with Gasteiger partial charge in [-0.05, 0) is 65.1 Å². The second-order valence-corrected chi connectivity index (χ2v) is 11.0. The third-order valence-electron chi connectivity index (χ3n) is 6.20. The predicted octanol–water partition coefficient (Wildman–Crippen LogP) is 7.96. The van der Waals surface area contributed by atoms with E-state index in [0.29, 0.717) is 17.8 Å². The smallest absolute Gasteiger partial charge is 0.211 e. The van der Waals surface area contributed by atoms with E-state index in [1.54, 1.807) is 6.08 Å². The number of nitriles is 1. The fourth-order valence-corrected chi connectivity index (χ4v) is 4.67. The van der Waals surface area contributed by atoms with Crippen LogP contribution in [0.15, 0.2) is 114 Å². The lowest BCUT2D eigenvalue weighted by atomic mass is 9.83. The minimum Gasteiger partial charge on any atom is -0.490 e. The summed E-state index contributed by atoms with van der Waals surface area (Å²) in [5.41, 5.74) is 4.61. The van der Waals surface area contributed by atoms with E-state index in [-0.39, 0.29) is 16.8 Å². The number of hydrogen-bond donors (Lipinski definition) is 2. The fourth-order valence-electron chi connectivity index (χ4n) is 4.16. The van der Waals surface area contributed by atoms with Crippen molar-refractivity contribution in [2.24, 2.45) is 5.41 Å². The molecular weight excluding hydrogens is 479 g/mol. The maximum absolute atomic E-state index is 9.73. The molecule has 3 aromatic carbocycles. The van der Waals surface area contributed by atoms with Crippen LogP contribution in [-0.2, 0) is 4.74 Å². The van der Waals surface area contributed by atoms with Crippen molar-refractivity contribution in [1.29, 1.82) is 5.26 Å². The van der Waals surface area contributed by atoms with E-state index in [1.165, 1.54) is 0 Å². The van der Waals surface area contributed by atoms with Crippen LogP contribution >= 0.6 is 8.38 Å². The first-order valence-electron chi connectivity index (χ1n) is 12.1. The fraction of sp³-hybridized carbons (Fsp3) is 0.194. The SMILES string of the molecule is CC(C)(C)C1C/C(=C(\C#N)P(O)O)C=C(/C=C/c2ccc(N(c3ccccc3)c3ccccc3)cc2)O1. The van der Waals surface area contributed by atoms with Gasteiger partial charge >= 0.3 is 0 Å². The van der Waals surface area contributed by atoms with Crippen LogP contribution in [0.5, 0.6) is 0 Å². The van der Waals surface area contributed by atoms with Crippen LogP contribution in [0, 0.1) is 16.7 Å². The number of para-hydroxylation sites is 2. The van der Waals surface area contributed by atoms with Gasteiger partial charge in [-0.2, -0.15) is 5.26 Å². The summed E-state index contributed by atoms with van der Waals surface area (Å²) < 4.78 is 6.22. The summed E-state index contributed by atoms with van der Waals surface area (Å²) in [7, 11) is -2.47. The van der Waals surface area contributed by atoms with Gasteiger partial charge in [0, 0.05) is 23.5 Å². The molecule has 0 saturated heterocycles. The third kappa shape index (κ3) is 6.56. The molecule has 1 unspecified atom stereocenters. The predicted molar refractivity (Wildman–Crippen MR) is 151 cm³/mol. The topological polar surface area (TPSA) is 76.7 Å². The number of ether oxygens (including phenoxy) is 1. The molecule has 1 aliphatic rings. The van der Waals surface area contributed by atoms with Gasteiger partial charge < -0.3 is 19.4 Å². The molecule has 1 heterocycles. The van der Waals surface area contributed by atoms with Crippen molar-refractivity contribution in [1.82, 2.24) is 0 Å². The van der Waals surface area contributed by atoms with E-state index < -0.39 is 8.38 Å². The zero-order valence-electron chi connectivity index (χ0n) is 21.2. The normalized spacial score (nSPS) is 17.2. The van der Waals surface area contributed by atoms with Crippen molar-refractivity contribution in [2.45, 2.75) is 33.3 Å². The largest absolute Gasteiger partial charge is 0.490 e. The van der Waals surface area contributed by atoms with Crippen molar-refractivity contribution in [3.8, 4) is 6.07 Å². The molecule has 0 aliphatic carbocycles. The van der Waals surface area contributed by atoms with Crippen LogP contribution in [-0.4, -0.2) is 15.9 Å². The first kappa shape index (κ1) is 26.4. The Hall–Kier alpha value is -3.68. The van der Waals surface area contributed by atoms with Crippen molar-refractivity contribution in [3.05, 3.63) is 119 Å². The Morgan fingerprint density at radius 1 is 0.892 bits per heavy atom. The molecule has 0 fully saturated rings. The van der Waals surface area contributed by atoms with Gasteiger partial charge in [-0.1, -0.05) is 75.4 Å². The molecule has 1 aliphatic heterocycles. The van der Waals surface area contributed by atoms with Gasteiger partial charge in [-0.3, -0.25) is 0 Å². The third-order valence-corrected chi connectivity index (χ3v) is 6.98. The van der Waals surface area contributed by atoms with E-state index in [4.69, 9.17) is 4.74 Å². The Morgan fingerprint density at radius 2 is 1.43 bits per heavy atom. The van der Waals surface area contributed by atoms with Gasteiger partial charge in [0.2, 0.25) is 8.38 Å². The zero-order chi connectivity index (χ0) is 26.4. The van der Waals surface area contributed by atoms with Crippen molar-refractivity contribution in [2.75, 3.05) is 4.90 Å². The Labute approximate surface area is 220 Å². The molecule has 188 valence electrons. The van der Waals surface area contributed by atoms with Gasteiger partial charge in [0.05, 0.1) is 0 Å². The number of benzene rings is 3. The quantitative estimate of drug-likeness (QED) is 0.260. The maximum atomic E-state index is 9.73. The lowest BCUT2D eigenvalue weighted by molar-refractivity contribution is 0.0276. The Bertz CT molecular complexity index is 1290. The molecule has 0 radical (unpaired) electrons. The van der Waals surface area contributed by atoms with Gasteiger partial charge in [0.15, 0.2) is 0 Å². The molecule has 2 N–H and O–H groups in total. The number of anilines is 3. The van der Waals surface area contributed by atoms with Gasteiger partial charge in [0.1, 0.15) is 23.2 Å². The summed E-state index contributed by atoms with van der Waals surface area (Å²) in [6.45, 7) is 6.20. The molecule has 0 bridgehead atoms. The summed E-state index contributed by atoms with van der Waals surface area (Å²) in [6.07, 6.45) is 5.82. The number of nitrogens with zero attached hydrogens (tertiary/aromatic N) is 2. The van der Waals surface area contributed by atoms with E-state index in [0.717, 1.165) is 22.6 Å². The summed E-state index contributed by atoms with van der Waals surface area (Å²) in [4.78, 5) is 21.7. The standard InChI is InChI=1S/C31H31N2O3P/c1-31(2,3)30-21-24(29(22-32)37(34)35)20-28(36-30)19-16-23-14-17-27(18-15-23)33(25-10-6-4-7-11-25)26-12-8-5-9-13-26/h4-20,30,34-35H,21H2,1-3H3/b19-16+,29-24+. The average molecular weight is 511 g/mol. The van der Waals surface area contributed by atoms with Crippen molar-refractivity contribution < 1.29 is 14.5 Å². The minimum absolute atomic E-state index is 0.0183. The van der Waals surface area contributed by atoms with Crippen LogP contribution in [0.25, 0.3) is 6.08 Å². The highest BCUT2D eigenvalue weighted by atomic mass is 31.2. The molecule has 5 nitrogen and oxygen atoms in total. The Balaban J connectivity index is 1.63. The lowest BCUT2D eigenvalue weighted by Crippen LogP contribution is -2.31. The second kappa shape index (κ2) is 11.6. The van der Waals surface area contributed by atoms with Crippen molar-refractivity contribution >= 4 is 31.5 Å². The second-order valence-electron chi connectivity index (χ2n) is 9.93. The molecule has 0 aromatic heterocycles. The van der Waals surface area contributed by atoms with E-state index in [2.05, 4.69) is 62.1 Å². The molecule has 4 rings (SSSR count). The van der Waals surface area contributed by atoms with Gasteiger partial charge in [-0.15, -0.1) is 0 Å². The highest BCUT2D eigenvalue weighted by Crippen LogP contribution is 2.43. The Morgan fingerprint density at radius 3 is 1.92 bits per heavy atom. The van der Waals surface area contributed by atoms with Crippen LogP contribution in [0.1, 0.15) is 32.8 Å². The molecule has 1 atom stereocenters. The van der Waals surface area contributed by atoms with Crippen molar-refractivity contribution in [3.63, 3.8) is 0 Å². The molecule has 37 heavy (non-hydrogen) atoms. The summed E-state index contributed by atoms with van der Waals surface area (Å²) in [5.74, 6) is 0.588. The highest BCUT2D eigenvalue weighted by molar-refractivity contribution is 7.50. The maximum Gasteiger partial charge on any atom is 0.211 e. The first-order chi connectivity index (χ1) is 17.8. The number of allylic oxidation sites excluding steroid dienone is 3. The first-order valence-corrected chi connectivity index (χ1v) is 13.4. The monoisotopic (exact) mass is 510 g/mol. The molecule has 0 amide bonds. The average Bonchev–Trinajstić information content (AvgIpc) is 2.89. The highest BCUT2D eigenvalue weighted by Gasteiger charge is 2.32. The van der Waals surface area contributed by atoms with Crippen LogP contribution in [0.2, 0.25) is 0 Å².